The number of carboxylic acids is 1. The lowest BCUT2D eigenvalue weighted by Gasteiger charge is -2.01. The number of rotatable bonds is 2. The third kappa shape index (κ3) is 1.79. The third-order valence-electron chi connectivity index (χ3n) is 1.81. The maximum Gasteiger partial charge on any atom is 0.345 e. The highest BCUT2D eigenvalue weighted by atomic mass is 32.1. The molecule has 0 amide bonds. The number of nitrogens with zero attached hydrogens (tertiary/aromatic N) is 1. The van der Waals surface area contributed by atoms with Crippen LogP contribution in [-0.2, 0) is 0 Å². The molecule has 0 aliphatic heterocycles. The standard InChI is InChI=1S/C9H6N2O3S/c12-8(13)5-4-10-9(14)11-7(5)6-2-1-3-15-6/h1-4H,(H,12,13)(H,10,11,14). The van der Waals surface area contributed by atoms with Gasteiger partial charge in [-0.25, -0.2) is 14.6 Å². The molecule has 5 nitrogen and oxygen atoms in total. The zero-order valence-electron chi connectivity index (χ0n) is 7.43. The highest BCUT2D eigenvalue weighted by molar-refractivity contribution is 7.13. The number of carbonyl (C=O) groups is 1. The maximum absolute atomic E-state index is 11.0. The molecule has 0 saturated heterocycles. The van der Waals surface area contributed by atoms with Crippen LogP contribution in [0.5, 0.6) is 0 Å². The number of aromatic carboxylic acids is 1. The fourth-order valence-electron chi connectivity index (χ4n) is 1.17. The molecule has 0 aromatic carbocycles. The number of nitrogens with one attached hydrogen (secondary N) is 1. The van der Waals surface area contributed by atoms with Gasteiger partial charge in [-0.3, -0.25) is 0 Å². The minimum Gasteiger partial charge on any atom is -0.478 e. The first kappa shape index (κ1) is 9.60. The minimum absolute atomic E-state index is 0.00273. The van der Waals surface area contributed by atoms with Crippen molar-refractivity contribution < 1.29 is 9.90 Å². The van der Waals surface area contributed by atoms with Gasteiger partial charge >= 0.3 is 11.7 Å². The molecule has 0 saturated carbocycles. The predicted octanol–water partition coefficient (Wildman–Crippen LogP) is 1.20. The number of aromatic amines is 1. The second-order valence-electron chi connectivity index (χ2n) is 2.76. The summed E-state index contributed by atoms with van der Waals surface area (Å²) in [4.78, 5) is 28.4. The summed E-state index contributed by atoms with van der Waals surface area (Å²) in [6, 6.07) is 3.52. The van der Waals surface area contributed by atoms with Crippen molar-refractivity contribution in [3.8, 4) is 10.6 Å². The lowest BCUT2D eigenvalue weighted by Crippen LogP contribution is -2.14. The van der Waals surface area contributed by atoms with E-state index in [9.17, 15) is 9.59 Å². The van der Waals surface area contributed by atoms with Crippen molar-refractivity contribution in [2.75, 3.05) is 0 Å². The fraction of sp³-hybridized carbons (Fsp3) is 0. The Balaban J connectivity index is 2.68. The predicted molar refractivity (Wildman–Crippen MR) is 55.1 cm³/mol. The van der Waals surface area contributed by atoms with E-state index in [0.29, 0.717) is 10.6 Å². The van der Waals surface area contributed by atoms with E-state index in [0.717, 1.165) is 6.20 Å². The van der Waals surface area contributed by atoms with Crippen LogP contribution in [0, 0.1) is 0 Å². The zero-order valence-corrected chi connectivity index (χ0v) is 8.25. The molecular formula is C9H6N2O3S. The van der Waals surface area contributed by atoms with Crippen molar-refractivity contribution in [1.29, 1.82) is 0 Å². The quantitative estimate of drug-likeness (QED) is 0.799. The van der Waals surface area contributed by atoms with E-state index in [2.05, 4.69) is 9.97 Å². The Labute approximate surface area is 88.1 Å². The molecule has 6 heteroatoms. The van der Waals surface area contributed by atoms with Crippen molar-refractivity contribution in [3.63, 3.8) is 0 Å². The van der Waals surface area contributed by atoms with Gasteiger partial charge in [0.15, 0.2) is 0 Å². The highest BCUT2D eigenvalue weighted by Crippen LogP contribution is 2.24. The van der Waals surface area contributed by atoms with Gasteiger partial charge in [0.1, 0.15) is 5.56 Å². The van der Waals surface area contributed by atoms with Crippen LogP contribution in [0.1, 0.15) is 10.4 Å². The molecule has 0 fully saturated rings. The number of hydrogen-bond acceptors (Lipinski definition) is 4. The van der Waals surface area contributed by atoms with Gasteiger partial charge in [-0.05, 0) is 11.4 Å². The summed E-state index contributed by atoms with van der Waals surface area (Å²) in [7, 11) is 0. The van der Waals surface area contributed by atoms with Gasteiger partial charge in [-0.15, -0.1) is 11.3 Å². The van der Waals surface area contributed by atoms with Crippen molar-refractivity contribution in [1.82, 2.24) is 9.97 Å². The Morgan fingerprint density at radius 2 is 2.33 bits per heavy atom. The summed E-state index contributed by atoms with van der Waals surface area (Å²) in [5.74, 6) is -1.11. The summed E-state index contributed by atoms with van der Waals surface area (Å²) in [5, 5.41) is 10.7. The molecule has 76 valence electrons. The number of aromatic nitrogens is 2. The normalized spacial score (nSPS) is 10.1. The smallest absolute Gasteiger partial charge is 0.345 e. The van der Waals surface area contributed by atoms with Gasteiger partial charge < -0.3 is 10.1 Å². The van der Waals surface area contributed by atoms with E-state index in [1.54, 1.807) is 17.5 Å². The number of hydrogen-bond donors (Lipinski definition) is 2. The van der Waals surface area contributed by atoms with Crippen LogP contribution in [0.4, 0.5) is 0 Å². The van der Waals surface area contributed by atoms with Gasteiger partial charge in [0.25, 0.3) is 0 Å². The second kappa shape index (κ2) is 3.66. The molecule has 0 unspecified atom stereocenters. The van der Waals surface area contributed by atoms with Crippen LogP contribution >= 0.6 is 11.3 Å². The second-order valence-corrected chi connectivity index (χ2v) is 3.71. The molecule has 2 aromatic rings. The van der Waals surface area contributed by atoms with Crippen LogP contribution in [-0.4, -0.2) is 21.0 Å². The largest absolute Gasteiger partial charge is 0.478 e. The third-order valence-corrected chi connectivity index (χ3v) is 2.70. The molecule has 2 aromatic heterocycles. The van der Waals surface area contributed by atoms with Gasteiger partial charge in [0, 0.05) is 6.20 Å². The van der Waals surface area contributed by atoms with Crippen LogP contribution < -0.4 is 5.69 Å². The molecule has 2 N–H and O–H groups in total. The number of H-pyrrole nitrogens is 1. The van der Waals surface area contributed by atoms with Gasteiger partial charge in [0.05, 0.1) is 10.6 Å². The summed E-state index contributed by atoms with van der Waals surface area (Å²) in [5.41, 5.74) is -0.252. The van der Waals surface area contributed by atoms with E-state index < -0.39 is 11.7 Å². The summed E-state index contributed by atoms with van der Waals surface area (Å²) in [6.07, 6.45) is 1.07. The molecule has 0 atom stereocenters. The molecule has 0 bridgehead atoms. The fourth-order valence-corrected chi connectivity index (χ4v) is 1.91. The molecule has 2 rings (SSSR count). The first-order valence-corrected chi connectivity index (χ1v) is 4.93. The molecule has 0 radical (unpaired) electrons. The molecular weight excluding hydrogens is 216 g/mol. The van der Waals surface area contributed by atoms with Crippen LogP contribution in [0.15, 0.2) is 28.5 Å². The lowest BCUT2D eigenvalue weighted by molar-refractivity contribution is 0.0697. The molecule has 2 heterocycles. The molecule has 15 heavy (non-hydrogen) atoms. The summed E-state index contributed by atoms with van der Waals surface area (Å²) < 4.78 is 0. The van der Waals surface area contributed by atoms with Crippen LogP contribution in [0.25, 0.3) is 10.6 Å². The van der Waals surface area contributed by atoms with E-state index in [1.165, 1.54) is 11.3 Å². The van der Waals surface area contributed by atoms with Crippen molar-refractivity contribution in [3.05, 3.63) is 39.8 Å². The van der Waals surface area contributed by atoms with Crippen molar-refractivity contribution in [2.45, 2.75) is 0 Å². The Morgan fingerprint density at radius 3 is 2.93 bits per heavy atom. The summed E-state index contributed by atoms with van der Waals surface area (Å²) in [6.45, 7) is 0. The average Bonchev–Trinajstić information content (AvgIpc) is 2.69. The Bertz CT molecular complexity index is 545. The highest BCUT2D eigenvalue weighted by Gasteiger charge is 2.13. The zero-order chi connectivity index (χ0) is 10.8. The SMILES string of the molecule is O=C(O)c1cnc(=O)[nH]c1-c1cccs1. The molecule has 0 aliphatic carbocycles. The average molecular weight is 222 g/mol. The van der Waals surface area contributed by atoms with Crippen molar-refractivity contribution >= 4 is 17.3 Å². The number of thiophene rings is 1. The Kier molecular flexibility index (Phi) is 2.34. The summed E-state index contributed by atoms with van der Waals surface area (Å²) >= 11 is 1.36. The topological polar surface area (TPSA) is 83.0 Å². The molecule has 0 spiro atoms. The van der Waals surface area contributed by atoms with Crippen LogP contribution in [0.2, 0.25) is 0 Å². The van der Waals surface area contributed by atoms with Crippen LogP contribution in [0.3, 0.4) is 0 Å². The van der Waals surface area contributed by atoms with E-state index in [-0.39, 0.29) is 5.56 Å². The molecule has 0 aliphatic rings. The maximum atomic E-state index is 11.0. The van der Waals surface area contributed by atoms with Crippen molar-refractivity contribution in [2.24, 2.45) is 0 Å². The first-order valence-electron chi connectivity index (χ1n) is 4.05. The first-order chi connectivity index (χ1) is 7.18. The van der Waals surface area contributed by atoms with Gasteiger partial charge in [0.2, 0.25) is 0 Å². The monoisotopic (exact) mass is 222 g/mol. The van der Waals surface area contributed by atoms with E-state index in [4.69, 9.17) is 5.11 Å². The number of carboxylic acid groups (broad SMARTS) is 1. The lowest BCUT2D eigenvalue weighted by atomic mass is 10.2. The Morgan fingerprint density at radius 1 is 1.53 bits per heavy atom. The van der Waals surface area contributed by atoms with E-state index >= 15 is 0 Å². The van der Waals surface area contributed by atoms with E-state index in [1.807, 2.05) is 0 Å². The van der Waals surface area contributed by atoms with Gasteiger partial charge in [-0.1, -0.05) is 6.07 Å². The van der Waals surface area contributed by atoms with Gasteiger partial charge in [-0.2, -0.15) is 0 Å². The Hall–Kier alpha value is -1.95. The minimum atomic E-state index is -1.11.